The molecule has 0 aliphatic carbocycles. The third-order valence-electron chi connectivity index (χ3n) is 3.49. The molecule has 0 bridgehead atoms. The molecular formula is C19H14F2N2O. The molecule has 3 rings (SSSR count). The van der Waals surface area contributed by atoms with Crippen molar-refractivity contribution in [3.8, 4) is 0 Å². The maximum Gasteiger partial charge on any atom is 0.282 e. The number of aromatic nitrogens is 1. The van der Waals surface area contributed by atoms with Crippen molar-refractivity contribution in [1.82, 2.24) is 4.57 Å². The highest BCUT2D eigenvalue weighted by atomic mass is 19.1. The van der Waals surface area contributed by atoms with E-state index in [4.69, 9.17) is 0 Å². The van der Waals surface area contributed by atoms with Crippen LogP contribution >= 0.6 is 0 Å². The van der Waals surface area contributed by atoms with Crippen molar-refractivity contribution in [2.24, 2.45) is 4.99 Å². The van der Waals surface area contributed by atoms with Gasteiger partial charge in [0.25, 0.3) is 5.91 Å². The second kappa shape index (κ2) is 7.00. The van der Waals surface area contributed by atoms with E-state index in [-0.39, 0.29) is 5.56 Å². The zero-order valence-corrected chi connectivity index (χ0v) is 12.7. The van der Waals surface area contributed by atoms with Crippen LogP contribution in [0.3, 0.4) is 0 Å². The molecule has 0 radical (unpaired) electrons. The lowest BCUT2D eigenvalue weighted by molar-refractivity contribution is 0.0993. The van der Waals surface area contributed by atoms with E-state index in [2.05, 4.69) is 4.99 Å². The minimum absolute atomic E-state index is 0.370. The first kappa shape index (κ1) is 15.8. The van der Waals surface area contributed by atoms with E-state index in [1.54, 1.807) is 22.9 Å². The smallest absolute Gasteiger partial charge is 0.282 e. The third-order valence-corrected chi connectivity index (χ3v) is 3.49. The third kappa shape index (κ3) is 3.63. The molecule has 0 saturated carbocycles. The van der Waals surface area contributed by atoms with Gasteiger partial charge in [-0.15, -0.1) is 0 Å². The number of halogens is 2. The van der Waals surface area contributed by atoms with E-state index in [0.717, 1.165) is 23.8 Å². The van der Waals surface area contributed by atoms with Crippen molar-refractivity contribution in [2.45, 2.75) is 6.54 Å². The minimum Gasteiger partial charge on any atom is -0.328 e. The molecule has 0 atom stereocenters. The Labute approximate surface area is 137 Å². The summed E-state index contributed by atoms with van der Waals surface area (Å²) >= 11 is 0. The number of carbonyl (C=O) groups is 1. The van der Waals surface area contributed by atoms with Crippen LogP contribution in [0.15, 0.2) is 77.9 Å². The Kier molecular flexibility index (Phi) is 4.61. The lowest BCUT2D eigenvalue weighted by atomic mass is 10.2. The summed E-state index contributed by atoms with van der Waals surface area (Å²) in [5, 5.41) is 0. The normalized spacial score (nSPS) is 11.5. The lowest BCUT2D eigenvalue weighted by Crippen LogP contribution is -2.22. The Hall–Kier alpha value is -3.08. The van der Waals surface area contributed by atoms with Gasteiger partial charge in [-0.3, -0.25) is 4.79 Å². The average molecular weight is 324 g/mol. The molecule has 3 aromatic rings. The van der Waals surface area contributed by atoms with E-state index in [9.17, 15) is 13.6 Å². The van der Waals surface area contributed by atoms with Crippen LogP contribution in [-0.4, -0.2) is 10.5 Å². The molecule has 1 amide bonds. The van der Waals surface area contributed by atoms with E-state index < -0.39 is 17.5 Å². The highest BCUT2D eigenvalue weighted by Gasteiger charge is 2.12. The molecule has 0 unspecified atom stereocenters. The standard InChI is InChI=1S/C19H14F2N2O/c20-15-9-10-17(21)16(12-15)19(24)22-18-8-4-5-11-23(18)13-14-6-2-1-3-7-14/h1-12H,13H2. The number of amides is 1. The summed E-state index contributed by atoms with van der Waals surface area (Å²) in [5.74, 6) is -2.30. The number of hydrogen-bond donors (Lipinski definition) is 0. The van der Waals surface area contributed by atoms with Gasteiger partial charge in [0, 0.05) is 12.7 Å². The monoisotopic (exact) mass is 324 g/mol. The number of benzene rings is 2. The van der Waals surface area contributed by atoms with Crippen molar-refractivity contribution in [2.75, 3.05) is 0 Å². The number of carbonyl (C=O) groups excluding carboxylic acids is 1. The first-order chi connectivity index (χ1) is 11.6. The molecule has 3 nitrogen and oxygen atoms in total. The summed E-state index contributed by atoms with van der Waals surface area (Å²) in [5.41, 5.74) is 1.02. The summed E-state index contributed by atoms with van der Waals surface area (Å²) in [7, 11) is 0. The van der Waals surface area contributed by atoms with Crippen molar-refractivity contribution in [1.29, 1.82) is 0 Å². The molecule has 120 valence electrons. The van der Waals surface area contributed by atoms with Crippen LogP contribution in [0.1, 0.15) is 15.9 Å². The largest absolute Gasteiger partial charge is 0.328 e. The summed E-state index contributed by atoms with van der Waals surface area (Å²) in [6.07, 6.45) is 1.78. The Bertz CT molecular complexity index is 933. The highest BCUT2D eigenvalue weighted by molar-refractivity contribution is 5.95. The molecule has 0 aliphatic heterocycles. The summed E-state index contributed by atoms with van der Waals surface area (Å²) < 4.78 is 28.7. The predicted molar refractivity (Wildman–Crippen MR) is 86.2 cm³/mol. The van der Waals surface area contributed by atoms with Gasteiger partial charge in [-0.25, -0.2) is 8.78 Å². The first-order valence-electron chi connectivity index (χ1n) is 7.37. The van der Waals surface area contributed by atoms with Gasteiger partial charge in [0.15, 0.2) is 0 Å². The topological polar surface area (TPSA) is 34.4 Å². The molecule has 1 aromatic heterocycles. The Morgan fingerprint density at radius 2 is 1.71 bits per heavy atom. The van der Waals surface area contributed by atoms with Crippen LogP contribution in [0.2, 0.25) is 0 Å². The van der Waals surface area contributed by atoms with Crippen LogP contribution in [0, 0.1) is 11.6 Å². The van der Waals surface area contributed by atoms with Crippen molar-refractivity contribution < 1.29 is 13.6 Å². The molecule has 1 heterocycles. The van der Waals surface area contributed by atoms with Gasteiger partial charge in [-0.2, -0.15) is 4.99 Å². The lowest BCUT2D eigenvalue weighted by Gasteiger charge is -2.07. The van der Waals surface area contributed by atoms with Crippen LogP contribution < -0.4 is 5.49 Å². The van der Waals surface area contributed by atoms with Gasteiger partial charge in [-0.1, -0.05) is 36.4 Å². The van der Waals surface area contributed by atoms with Crippen LogP contribution in [0.5, 0.6) is 0 Å². The van der Waals surface area contributed by atoms with E-state index in [0.29, 0.717) is 12.0 Å². The van der Waals surface area contributed by atoms with Crippen LogP contribution in [0.25, 0.3) is 0 Å². The molecule has 5 heteroatoms. The summed E-state index contributed by atoms with van der Waals surface area (Å²) in [6.45, 7) is 0.513. The minimum atomic E-state index is -0.819. The van der Waals surface area contributed by atoms with Crippen molar-refractivity contribution >= 4 is 5.91 Å². The Balaban J connectivity index is 1.98. The van der Waals surface area contributed by atoms with Crippen LogP contribution in [0.4, 0.5) is 8.78 Å². The second-order valence-electron chi connectivity index (χ2n) is 5.21. The molecule has 0 aliphatic rings. The maximum atomic E-state index is 13.7. The number of hydrogen-bond acceptors (Lipinski definition) is 1. The fourth-order valence-electron chi connectivity index (χ4n) is 2.31. The molecule has 0 spiro atoms. The van der Waals surface area contributed by atoms with Crippen molar-refractivity contribution in [3.05, 3.63) is 101 Å². The highest BCUT2D eigenvalue weighted by Crippen LogP contribution is 2.10. The summed E-state index contributed by atoms with van der Waals surface area (Å²) in [4.78, 5) is 16.1. The average Bonchev–Trinajstić information content (AvgIpc) is 2.59. The van der Waals surface area contributed by atoms with Gasteiger partial charge >= 0.3 is 0 Å². The zero-order chi connectivity index (χ0) is 16.9. The van der Waals surface area contributed by atoms with E-state index >= 15 is 0 Å². The van der Waals surface area contributed by atoms with Crippen LogP contribution in [-0.2, 0) is 6.54 Å². The molecule has 0 saturated heterocycles. The Morgan fingerprint density at radius 1 is 0.958 bits per heavy atom. The number of rotatable bonds is 3. The SMILES string of the molecule is O=C(N=c1ccccn1Cc1ccccc1)c1cc(F)ccc1F. The fourth-order valence-corrected chi connectivity index (χ4v) is 2.31. The molecular weight excluding hydrogens is 310 g/mol. The molecule has 0 N–H and O–H groups in total. The Morgan fingerprint density at radius 3 is 2.50 bits per heavy atom. The van der Waals surface area contributed by atoms with Gasteiger partial charge in [0.2, 0.25) is 0 Å². The fraction of sp³-hybridized carbons (Fsp3) is 0.0526. The number of nitrogens with zero attached hydrogens (tertiary/aromatic N) is 2. The first-order valence-corrected chi connectivity index (χ1v) is 7.37. The molecule has 0 fully saturated rings. The predicted octanol–water partition coefficient (Wildman–Crippen LogP) is 3.56. The van der Waals surface area contributed by atoms with Gasteiger partial charge < -0.3 is 4.57 Å². The quantitative estimate of drug-likeness (QED) is 0.725. The van der Waals surface area contributed by atoms with E-state index in [1.165, 1.54) is 0 Å². The molecule has 24 heavy (non-hydrogen) atoms. The zero-order valence-electron chi connectivity index (χ0n) is 12.7. The maximum absolute atomic E-state index is 13.7. The van der Waals surface area contributed by atoms with Gasteiger partial charge in [0.05, 0.1) is 5.56 Å². The summed E-state index contributed by atoms with van der Waals surface area (Å²) in [6, 6.07) is 17.6. The van der Waals surface area contributed by atoms with E-state index in [1.807, 2.05) is 36.4 Å². The van der Waals surface area contributed by atoms with Crippen molar-refractivity contribution in [3.63, 3.8) is 0 Å². The molecule has 2 aromatic carbocycles. The second-order valence-corrected chi connectivity index (χ2v) is 5.21. The number of pyridine rings is 1. The van der Waals surface area contributed by atoms with Gasteiger partial charge in [-0.05, 0) is 35.9 Å². The van der Waals surface area contributed by atoms with Gasteiger partial charge in [0.1, 0.15) is 17.1 Å².